The number of ether oxygens (including phenoxy) is 1. The van der Waals surface area contributed by atoms with Crippen molar-refractivity contribution in [2.45, 2.75) is 59.9 Å². The predicted molar refractivity (Wildman–Crippen MR) is 67.3 cm³/mol. The van der Waals surface area contributed by atoms with E-state index >= 15 is 0 Å². The first kappa shape index (κ1) is 14.9. The highest BCUT2D eigenvalue weighted by Crippen LogP contribution is 2.19. The minimum Gasteiger partial charge on any atom is -0.380 e. The molecule has 0 saturated carbocycles. The lowest BCUT2D eigenvalue weighted by Crippen LogP contribution is -2.44. The molecule has 0 aromatic heterocycles. The second-order valence-electron chi connectivity index (χ2n) is 5.30. The van der Waals surface area contributed by atoms with E-state index in [-0.39, 0.29) is 5.41 Å². The van der Waals surface area contributed by atoms with Gasteiger partial charge in [-0.3, -0.25) is 0 Å². The largest absolute Gasteiger partial charge is 0.380 e. The second kappa shape index (κ2) is 8.12. The normalized spacial score (nSPS) is 14.2. The topological polar surface area (TPSA) is 21.3 Å². The molecule has 92 valence electrons. The average Bonchev–Trinajstić information content (AvgIpc) is 2.15. The van der Waals surface area contributed by atoms with Crippen LogP contribution in [0.1, 0.15) is 53.9 Å². The predicted octanol–water partition coefficient (Wildman–Crippen LogP) is 3.22. The Morgan fingerprint density at radius 2 is 1.80 bits per heavy atom. The van der Waals surface area contributed by atoms with Crippen molar-refractivity contribution in [2.75, 3.05) is 19.8 Å². The number of hydrogen-bond donors (Lipinski definition) is 1. The summed E-state index contributed by atoms with van der Waals surface area (Å²) in [6, 6.07) is 0.467. The van der Waals surface area contributed by atoms with Crippen LogP contribution in [0.2, 0.25) is 0 Å². The van der Waals surface area contributed by atoms with Gasteiger partial charge < -0.3 is 10.1 Å². The third-order valence-corrected chi connectivity index (χ3v) is 2.61. The molecule has 0 aromatic carbocycles. The third-order valence-electron chi connectivity index (χ3n) is 2.61. The van der Waals surface area contributed by atoms with E-state index in [1.165, 1.54) is 19.3 Å². The Morgan fingerprint density at radius 1 is 1.13 bits per heavy atom. The van der Waals surface area contributed by atoms with Gasteiger partial charge in [-0.25, -0.2) is 0 Å². The molecule has 2 heteroatoms. The molecule has 0 aliphatic rings. The maximum absolute atomic E-state index is 5.70. The molecular weight excluding hydrogens is 186 g/mol. The van der Waals surface area contributed by atoms with E-state index in [1.54, 1.807) is 0 Å². The van der Waals surface area contributed by atoms with Crippen LogP contribution in [0.3, 0.4) is 0 Å². The summed E-state index contributed by atoms with van der Waals surface area (Å²) in [5.74, 6) is 0. The molecule has 0 spiro atoms. The maximum Gasteiger partial charge on any atom is 0.0624 e. The summed E-state index contributed by atoms with van der Waals surface area (Å²) in [6.07, 6.45) is 3.56. The van der Waals surface area contributed by atoms with Gasteiger partial charge in [-0.05, 0) is 24.8 Å². The number of unbranched alkanes of at least 4 members (excludes halogenated alkanes) is 1. The summed E-state index contributed by atoms with van der Waals surface area (Å²) in [5, 5.41) is 3.56. The first-order valence-corrected chi connectivity index (χ1v) is 6.33. The van der Waals surface area contributed by atoms with E-state index in [0.717, 1.165) is 19.8 Å². The van der Waals surface area contributed by atoms with E-state index < -0.39 is 0 Å². The van der Waals surface area contributed by atoms with Crippen molar-refractivity contribution in [1.82, 2.24) is 5.32 Å². The van der Waals surface area contributed by atoms with Crippen LogP contribution in [-0.2, 0) is 4.74 Å². The molecule has 0 radical (unpaired) electrons. The molecule has 0 aliphatic carbocycles. The van der Waals surface area contributed by atoms with E-state index in [1.807, 2.05) is 0 Å². The average molecular weight is 215 g/mol. The van der Waals surface area contributed by atoms with Gasteiger partial charge in [0.05, 0.1) is 6.61 Å². The Balaban J connectivity index is 3.81. The van der Waals surface area contributed by atoms with Crippen LogP contribution in [0, 0.1) is 5.41 Å². The minimum absolute atomic E-state index is 0.279. The smallest absolute Gasteiger partial charge is 0.0624 e. The minimum atomic E-state index is 0.279. The van der Waals surface area contributed by atoms with Crippen molar-refractivity contribution in [2.24, 2.45) is 5.41 Å². The summed E-state index contributed by atoms with van der Waals surface area (Å²) in [6.45, 7) is 14.0. The fourth-order valence-electron chi connectivity index (χ4n) is 1.38. The Labute approximate surface area is 95.8 Å². The molecule has 0 bridgehead atoms. The number of nitrogens with one attached hydrogen (secondary N) is 1. The first-order chi connectivity index (χ1) is 7.02. The molecule has 2 nitrogen and oxygen atoms in total. The highest BCUT2D eigenvalue weighted by atomic mass is 16.5. The highest BCUT2D eigenvalue weighted by molar-refractivity contribution is 4.79. The van der Waals surface area contributed by atoms with Gasteiger partial charge in [-0.15, -0.1) is 0 Å². The van der Waals surface area contributed by atoms with Crippen molar-refractivity contribution in [3.8, 4) is 0 Å². The molecule has 0 saturated heterocycles. The summed E-state index contributed by atoms with van der Waals surface area (Å²) >= 11 is 0. The zero-order valence-electron chi connectivity index (χ0n) is 11.2. The van der Waals surface area contributed by atoms with Crippen LogP contribution in [0.15, 0.2) is 0 Å². The van der Waals surface area contributed by atoms with Crippen LogP contribution >= 0.6 is 0 Å². The maximum atomic E-state index is 5.70. The standard InChI is InChI=1S/C13H29NO/c1-6-8-10-15-11-12(13(3,4)5)14-9-7-2/h12,14H,6-11H2,1-5H3. The Morgan fingerprint density at radius 3 is 2.27 bits per heavy atom. The van der Waals surface area contributed by atoms with Crippen LogP contribution in [0.4, 0.5) is 0 Å². The second-order valence-corrected chi connectivity index (χ2v) is 5.30. The van der Waals surface area contributed by atoms with E-state index in [0.29, 0.717) is 6.04 Å². The molecule has 15 heavy (non-hydrogen) atoms. The molecule has 0 aliphatic heterocycles. The van der Waals surface area contributed by atoms with Crippen LogP contribution in [0.25, 0.3) is 0 Å². The van der Waals surface area contributed by atoms with Crippen molar-refractivity contribution in [3.63, 3.8) is 0 Å². The Kier molecular flexibility index (Phi) is 8.07. The van der Waals surface area contributed by atoms with Crippen LogP contribution in [0.5, 0.6) is 0 Å². The summed E-state index contributed by atoms with van der Waals surface area (Å²) in [5.41, 5.74) is 0.279. The lowest BCUT2D eigenvalue weighted by Gasteiger charge is -2.31. The van der Waals surface area contributed by atoms with Crippen LogP contribution in [-0.4, -0.2) is 25.8 Å². The molecule has 0 rings (SSSR count). The van der Waals surface area contributed by atoms with Crippen molar-refractivity contribution >= 4 is 0 Å². The van der Waals surface area contributed by atoms with Crippen molar-refractivity contribution < 1.29 is 4.74 Å². The molecular formula is C13H29NO. The molecule has 0 heterocycles. The van der Waals surface area contributed by atoms with E-state index in [2.05, 4.69) is 39.9 Å². The van der Waals surface area contributed by atoms with Gasteiger partial charge in [0.15, 0.2) is 0 Å². The fourth-order valence-corrected chi connectivity index (χ4v) is 1.38. The van der Waals surface area contributed by atoms with E-state index in [9.17, 15) is 0 Å². The van der Waals surface area contributed by atoms with E-state index in [4.69, 9.17) is 4.74 Å². The summed E-state index contributed by atoms with van der Waals surface area (Å²) in [4.78, 5) is 0. The van der Waals surface area contributed by atoms with Crippen molar-refractivity contribution in [1.29, 1.82) is 0 Å². The SMILES string of the molecule is CCCCOCC(NCCC)C(C)(C)C. The fraction of sp³-hybridized carbons (Fsp3) is 1.00. The van der Waals surface area contributed by atoms with Gasteiger partial charge in [-0.2, -0.15) is 0 Å². The number of rotatable bonds is 8. The third kappa shape index (κ3) is 7.80. The van der Waals surface area contributed by atoms with Gasteiger partial charge in [0.25, 0.3) is 0 Å². The van der Waals surface area contributed by atoms with Gasteiger partial charge >= 0.3 is 0 Å². The Hall–Kier alpha value is -0.0800. The molecule has 0 fully saturated rings. The van der Waals surface area contributed by atoms with Crippen molar-refractivity contribution in [3.05, 3.63) is 0 Å². The Bertz CT molecular complexity index is 140. The zero-order chi connectivity index (χ0) is 11.7. The van der Waals surface area contributed by atoms with Gasteiger partial charge in [0, 0.05) is 12.6 Å². The highest BCUT2D eigenvalue weighted by Gasteiger charge is 2.23. The van der Waals surface area contributed by atoms with Gasteiger partial charge in [0.2, 0.25) is 0 Å². The number of hydrogen-bond acceptors (Lipinski definition) is 2. The molecule has 0 aromatic rings. The molecule has 0 amide bonds. The van der Waals surface area contributed by atoms with Gasteiger partial charge in [0.1, 0.15) is 0 Å². The first-order valence-electron chi connectivity index (χ1n) is 6.33. The molecule has 1 N–H and O–H groups in total. The lowest BCUT2D eigenvalue weighted by molar-refractivity contribution is 0.0739. The quantitative estimate of drug-likeness (QED) is 0.628. The molecule has 1 atom stereocenters. The lowest BCUT2D eigenvalue weighted by atomic mass is 9.87. The monoisotopic (exact) mass is 215 g/mol. The zero-order valence-corrected chi connectivity index (χ0v) is 11.2. The van der Waals surface area contributed by atoms with Crippen LogP contribution < -0.4 is 5.32 Å². The summed E-state index contributed by atoms with van der Waals surface area (Å²) < 4.78 is 5.70. The summed E-state index contributed by atoms with van der Waals surface area (Å²) in [7, 11) is 0. The van der Waals surface area contributed by atoms with Gasteiger partial charge in [-0.1, -0.05) is 41.0 Å². The molecule has 1 unspecified atom stereocenters.